The summed E-state index contributed by atoms with van der Waals surface area (Å²) in [6, 6.07) is -0.135. The van der Waals surface area contributed by atoms with E-state index < -0.39 is 0 Å². The second-order valence-corrected chi connectivity index (χ2v) is 4.55. The fourth-order valence-corrected chi connectivity index (χ4v) is 2.07. The zero-order valence-electron chi connectivity index (χ0n) is 9.41. The van der Waals surface area contributed by atoms with Crippen LogP contribution in [0.15, 0.2) is 0 Å². The van der Waals surface area contributed by atoms with Gasteiger partial charge < -0.3 is 16.2 Å². The van der Waals surface area contributed by atoms with E-state index in [1.165, 1.54) is 0 Å². The summed E-state index contributed by atoms with van der Waals surface area (Å²) in [5, 5.41) is 11.6. The fraction of sp³-hybridized carbons (Fsp3) is 0.909. The van der Waals surface area contributed by atoms with Gasteiger partial charge in [0.2, 0.25) is 5.91 Å². The predicted molar refractivity (Wildman–Crippen MR) is 59.2 cm³/mol. The Morgan fingerprint density at radius 1 is 1.47 bits per heavy atom. The zero-order chi connectivity index (χ0) is 11.3. The summed E-state index contributed by atoms with van der Waals surface area (Å²) in [4.78, 5) is 11.7. The van der Waals surface area contributed by atoms with Crippen molar-refractivity contribution >= 4 is 5.91 Å². The molecule has 88 valence electrons. The fourth-order valence-electron chi connectivity index (χ4n) is 2.07. The third-order valence-corrected chi connectivity index (χ3v) is 3.21. The molecule has 0 radical (unpaired) electrons. The van der Waals surface area contributed by atoms with Crippen LogP contribution in [0.4, 0.5) is 0 Å². The number of amides is 1. The molecule has 4 nitrogen and oxygen atoms in total. The molecule has 1 atom stereocenters. The minimum absolute atomic E-state index is 0.00385. The molecule has 1 aliphatic carbocycles. The van der Waals surface area contributed by atoms with Crippen molar-refractivity contribution in [2.24, 2.45) is 17.6 Å². The molecule has 4 N–H and O–H groups in total. The van der Waals surface area contributed by atoms with E-state index in [1.807, 2.05) is 6.92 Å². The molecule has 0 aromatic heterocycles. The lowest BCUT2D eigenvalue weighted by atomic mass is 9.81. The van der Waals surface area contributed by atoms with Crippen molar-refractivity contribution in [2.75, 3.05) is 13.2 Å². The van der Waals surface area contributed by atoms with Gasteiger partial charge in [0.25, 0.3) is 0 Å². The SMILES string of the molecule is C[C@@H](CO)NC(=O)C1CCC(CN)CC1. The van der Waals surface area contributed by atoms with Crippen LogP contribution in [0.2, 0.25) is 0 Å². The van der Waals surface area contributed by atoms with Crippen LogP contribution >= 0.6 is 0 Å². The maximum atomic E-state index is 11.7. The Hall–Kier alpha value is -0.610. The third-order valence-electron chi connectivity index (χ3n) is 3.21. The first kappa shape index (κ1) is 12.5. The van der Waals surface area contributed by atoms with Crippen LogP contribution in [0.5, 0.6) is 0 Å². The van der Waals surface area contributed by atoms with Crippen molar-refractivity contribution < 1.29 is 9.90 Å². The Morgan fingerprint density at radius 2 is 2.07 bits per heavy atom. The highest BCUT2D eigenvalue weighted by atomic mass is 16.3. The minimum atomic E-state index is -0.135. The zero-order valence-corrected chi connectivity index (χ0v) is 9.41. The molecule has 0 unspecified atom stereocenters. The van der Waals surface area contributed by atoms with Crippen LogP contribution in [-0.4, -0.2) is 30.2 Å². The van der Waals surface area contributed by atoms with Gasteiger partial charge in [0.15, 0.2) is 0 Å². The molecule has 0 bridgehead atoms. The van der Waals surface area contributed by atoms with E-state index in [0.717, 1.165) is 32.2 Å². The number of carbonyl (C=O) groups excluding carboxylic acids is 1. The molecule has 1 aliphatic rings. The van der Waals surface area contributed by atoms with Crippen LogP contribution in [0.25, 0.3) is 0 Å². The summed E-state index contributed by atoms with van der Waals surface area (Å²) in [5.74, 6) is 0.818. The average molecular weight is 214 g/mol. The van der Waals surface area contributed by atoms with E-state index in [4.69, 9.17) is 10.8 Å². The van der Waals surface area contributed by atoms with Gasteiger partial charge in [-0.3, -0.25) is 4.79 Å². The lowest BCUT2D eigenvalue weighted by molar-refractivity contribution is -0.127. The summed E-state index contributed by atoms with van der Waals surface area (Å²) in [5.41, 5.74) is 5.59. The van der Waals surface area contributed by atoms with Crippen LogP contribution in [-0.2, 0) is 4.79 Å². The summed E-state index contributed by atoms with van der Waals surface area (Å²) in [7, 11) is 0. The van der Waals surface area contributed by atoms with E-state index in [2.05, 4.69) is 5.32 Å². The second kappa shape index (κ2) is 6.08. The number of aliphatic hydroxyl groups is 1. The first-order chi connectivity index (χ1) is 7.17. The van der Waals surface area contributed by atoms with Crippen LogP contribution in [0, 0.1) is 11.8 Å². The molecular weight excluding hydrogens is 192 g/mol. The number of aliphatic hydroxyl groups excluding tert-OH is 1. The Kier molecular flexibility index (Phi) is 5.05. The first-order valence-electron chi connectivity index (χ1n) is 5.78. The van der Waals surface area contributed by atoms with E-state index in [1.54, 1.807) is 0 Å². The van der Waals surface area contributed by atoms with Crippen LogP contribution in [0.1, 0.15) is 32.6 Å². The molecule has 0 spiro atoms. The predicted octanol–water partition coefficient (Wildman–Crippen LogP) is 0.249. The van der Waals surface area contributed by atoms with Gasteiger partial charge in [-0.1, -0.05) is 0 Å². The van der Waals surface area contributed by atoms with Gasteiger partial charge in [-0.25, -0.2) is 0 Å². The largest absolute Gasteiger partial charge is 0.394 e. The Balaban J connectivity index is 2.30. The molecule has 4 heteroatoms. The van der Waals surface area contributed by atoms with Crippen molar-refractivity contribution in [3.8, 4) is 0 Å². The topological polar surface area (TPSA) is 75.3 Å². The summed E-state index contributed by atoms with van der Waals surface area (Å²) in [6.07, 6.45) is 3.99. The third kappa shape index (κ3) is 3.80. The van der Waals surface area contributed by atoms with Crippen molar-refractivity contribution in [1.29, 1.82) is 0 Å². The second-order valence-electron chi connectivity index (χ2n) is 4.55. The van der Waals surface area contributed by atoms with Crippen LogP contribution < -0.4 is 11.1 Å². The van der Waals surface area contributed by atoms with Gasteiger partial charge in [0.1, 0.15) is 0 Å². The van der Waals surface area contributed by atoms with Crippen molar-refractivity contribution in [2.45, 2.75) is 38.6 Å². The number of nitrogens with two attached hydrogens (primary N) is 1. The summed E-state index contributed by atoms with van der Waals surface area (Å²) >= 11 is 0. The molecule has 1 saturated carbocycles. The Labute approximate surface area is 91.2 Å². The number of rotatable bonds is 4. The smallest absolute Gasteiger partial charge is 0.223 e. The highest BCUT2D eigenvalue weighted by Gasteiger charge is 2.25. The van der Waals surface area contributed by atoms with Crippen molar-refractivity contribution in [3.05, 3.63) is 0 Å². The van der Waals surface area contributed by atoms with Gasteiger partial charge in [-0.15, -0.1) is 0 Å². The first-order valence-corrected chi connectivity index (χ1v) is 5.78. The van der Waals surface area contributed by atoms with Gasteiger partial charge in [0, 0.05) is 12.0 Å². The van der Waals surface area contributed by atoms with Gasteiger partial charge in [0.05, 0.1) is 6.61 Å². The molecule has 0 aliphatic heterocycles. The Morgan fingerprint density at radius 3 is 2.53 bits per heavy atom. The maximum absolute atomic E-state index is 11.7. The lowest BCUT2D eigenvalue weighted by Gasteiger charge is -2.27. The van der Waals surface area contributed by atoms with Crippen molar-refractivity contribution in [1.82, 2.24) is 5.32 Å². The standard InChI is InChI=1S/C11H22N2O2/c1-8(7-14)13-11(15)10-4-2-9(6-12)3-5-10/h8-10,14H,2-7,12H2,1H3,(H,13,15)/t8-,9?,10?/m0/s1. The van der Waals surface area contributed by atoms with Gasteiger partial charge >= 0.3 is 0 Å². The number of carbonyl (C=O) groups is 1. The molecule has 1 fully saturated rings. The average Bonchev–Trinajstić information content (AvgIpc) is 2.29. The maximum Gasteiger partial charge on any atom is 0.223 e. The Bertz CT molecular complexity index is 201. The molecule has 0 aromatic rings. The molecule has 15 heavy (non-hydrogen) atoms. The molecule has 1 amide bonds. The summed E-state index contributed by atoms with van der Waals surface area (Å²) in [6.45, 7) is 2.55. The molecule has 1 rings (SSSR count). The quantitative estimate of drug-likeness (QED) is 0.628. The van der Waals surface area contributed by atoms with E-state index >= 15 is 0 Å². The minimum Gasteiger partial charge on any atom is -0.394 e. The van der Waals surface area contributed by atoms with E-state index in [0.29, 0.717) is 5.92 Å². The van der Waals surface area contributed by atoms with E-state index in [-0.39, 0.29) is 24.5 Å². The molecular formula is C11H22N2O2. The van der Waals surface area contributed by atoms with Crippen LogP contribution in [0.3, 0.4) is 0 Å². The summed E-state index contributed by atoms with van der Waals surface area (Å²) < 4.78 is 0. The molecule has 0 aromatic carbocycles. The van der Waals surface area contributed by atoms with E-state index in [9.17, 15) is 4.79 Å². The molecule has 0 saturated heterocycles. The molecule has 0 heterocycles. The monoisotopic (exact) mass is 214 g/mol. The normalized spacial score (nSPS) is 28.5. The highest BCUT2D eigenvalue weighted by molar-refractivity contribution is 5.78. The number of hydrogen-bond donors (Lipinski definition) is 3. The van der Waals surface area contributed by atoms with Crippen molar-refractivity contribution in [3.63, 3.8) is 0 Å². The lowest BCUT2D eigenvalue weighted by Crippen LogP contribution is -2.40. The van der Waals surface area contributed by atoms with Gasteiger partial charge in [-0.05, 0) is 45.1 Å². The number of nitrogens with one attached hydrogen (secondary N) is 1. The van der Waals surface area contributed by atoms with Gasteiger partial charge in [-0.2, -0.15) is 0 Å². The number of hydrogen-bond acceptors (Lipinski definition) is 3. The highest BCUT2D eigenvalue weighted by Crippen LogP contribution is 2.28.